The van der Waals surface area contributed by atoms with Gasteiger partial charge < -0.3 is 0 Å². The van der Waals surface area contributed by atoms with Crippen LogP contribution in [0.2, 0.25) is 0 Å². The monoisotopic (exact) mass is 189 g/mol. The van der Waals surface area contributed by atoms with Crippen LogP contribution in [0.5, 0.6) is 0 Å². The number of anilines is 1. The van der Waals surface area contributed by atoms with Crippen LogP contribution in [-0.4, -0.2) is 12.2 Å². The third-order valence-corrected chi connectivity index (χ3v) is 2.81. The fraction of sp³-hybridized carbons (Fsp3) is 0.300. The van der Waals surface area contributed by atoms with E-state index in [1.54, 1.807) is 4.90 Å². The van der Waals surface area contributed by atoms with E-state index in [1.807, 2.05) is 18.2 Å². The molecule has 0 aliphatic carbocycles. The molecule has 2 aliphatic rings. The number of aryl methyl sites for hydroxylation is 1. The lowest BCUT2D eigenvalue weighted by Gasteiger charge is -2.29. The first kappa shape index (κ1) is 7.82. The van der Waals surface area contributed by atoms with Gasteiger partial charge in [0.2, 0.25) is 0 Å². The summed E-state index contributed by atoms with van der Waals surface area (Å²) in [6.07, 6.45) is 2.12. The highest BCUT2D eigenvalue weighted by atomic mass is 16.2. The molecule has 2 heterocycles. The number of fused-ring (bicyclic) bond motifs is 3. The molecular formula is C10H11N3O. The lowest BCUT2D eigenvalue weighted by atomic mass is 10.0. The van der Waals surface area contributed by atoms with E-state index in [2.05, 4.69) is 16.9 Å². The van der Waals surface area contributed by atoms with Crippen molar-refractivity contribution in [2.75, 3.05) is 4.90 Å². The highest BCUT2D eigenvalue weighted by Gasteiger charge is 2.35. The van der Waals surface area contributed by atoms with Crippen LogP contribution in [0.3, 0.4) is 0 Å². The summed E-state index contributed by atoms with van der Waals surface area (Å²) < 4.78 is 0. The number of rotatable bonds is 0. The molecule has 1 aromatic carbocycles. The highest BCUT2D eigenvalue weighted by molar-refractivity contribution is 5.95. The van der Waals surface area contributed by atoms with Crippen LogP contribution in [0.15, 0.2) is 24.3 Å². The first-order valence-corrected chi connectivity index (χ1v) is 4.79. The third-order valence-electron chi connectivity index (χ3n) is 2.81. The minimum Gasteiger partial charge on any atom is -0.275 e. The van der Waals surface area contributed by atoms with Crippen LogP contribution < -0.4 is 15.8 Å². The van der Waals surface area contributed by atoms with Crippen molar-refractivity contribution in [1.29, 1.82) is 0 Å². The van der Waals surface area contributed by atoms with Gasteiger partial charge in [0.25, 0.3) is 0 Å². The van der Waals surface area contributed by atoms with Crippen molar-refractivity contribution in [3.8, 4) is 0 Å². The number of para-hydroxylation sites is 1. The summed E-state index contributed by atoms with van der Waals surface area (Å²) >= 11 is 0. The molecule has 1 saturated heterocycles. The number of benzene rings is 1. The molecule has 1 atom stereocenters. The van der Waals surface area contributed by atoms with Crippen LogP contribution in [0.25, 0.3) is 0 Å². The van der Waals surface area contributed by atoms with E-state index in [9.17, 15) is 4.79 Å². The molecular weight excluding hydrogens is 178 g/mol. The van der Waals surface area contributed by atoms with Gasteiger partial charge in [0, 0.05) is 0 Å². The van der Waals surface area contributed by atoms with Crippen molar-refractivity contribution in [3.63, 3.8) is 0 Å². The molecule has 4 nitrogen and oxygen atoms in total. The van der Waals surface area contributed by atoms with Gasteiger partial charge in [-0.05, 0) is 24.5 Å². The average Bonchev–Trinajstić information content (AvgIpc) is 2.61. The van der Waals surface area contributed by atoms with Crippen molar-refractivity contribution in [2.24, 2.45) is 0 Å². The highest BCUT2D eigenvalue weighted by Crippen LogP contribution is 2.30. The summed E-state index contributed by atoms with van der Waals surface area (Å²) in [5, 5.41) is 0. The molecule has 1 fully saturated rings. The average molecular weight is 189 g/mol. The number of urea groups is 1. The van der Waals surface area contributed by atoms with Gasteiger partial charge >= 0.3 is 6.03 Å². The van der Waals surface area contributed by atoms with E-state index in [0.717, 1.165) is 18.5 Å². The van der Waals surface area contributed by atoms with E-state index in [0.29, 0.717) is 0 Å². The molecule has 0 bridgehead atoms. The van der Waals surface area contributed by atoms with E-state index < -0.39 is 0 Å². The number of hydrogen-bond acceptors (Lipinski definition) is 2. The second kappa shape index (κ2) is 2.72. The van der Waals surface area contributed by atoms with Crippen LogP contribution >= 0.6 is 0 Å². The molecule has 1 aromatic rings. The Morgan fingerprint density at radius 2 is 2.21 bits per heavy atom. The smallest absolute Gasteiger partial charge is 0.275 e. The summed E-state index contributed by atoms with van der Waals surface area (Å²) in [6.45, 7) is 0. The van der Waals surface area contributed by atoms with E-state index in [1.165, 1.54) is 5.56 Å². The number of hydrogen-bond donors (Lipinski definition) is 2. The van der Waals surface area contributed by atoms with Gasteiger partial charge in [0.15, 0.2) is 0 Å². The number of carbonyl (C=O) groups excluding carboxylic acids is 1. The maximum Gasteiger partial charge on any atom is 0.337 e. The van der Waals surface area contributed by atoms with Gasteiger partial charge in [-0.25, -0.2) is 10.2 Å². The zero-order valence-corrected chi connectivity index (χ0v) is 7.66. The van der Waals surface area contributed by atoms with Crippen LogP contribution in [0.1, 0.15) is 12.0 Å². The van der Waals surface area contributed by atoms with Crippen molar-refractivity contribution in [1.82, 2.24) is 10.9 Å². The van der Waals surface area contributed by atoms with Crippen molar-refractivity contribution in [3.05, 3.63) is 29.8 Å². The molecule has 0 aromatic heterocycles. The van der Waals surface area contributed by atoms with Gasteiger partial charge in [-0.3, -0.25) is 10.3 Å². The summed E-state index contributed by atoms with van der Waals surface area (Å²) in [7, 11) is 0. The molecule has 2 N–H and O–H groups in total. The number of amides is 2. The first-order chi connectivity index (χ1) is 6.86. The molecule has 2 amide bonds. The minimum atomic E-state index is -0.0536. The first-order valence-electron chi connectivity index (χ1n) is 4.79. The second-order valence-corrected chi connectivity index (χ2v) is 3.63. The number of nitrogens with zero attached hydrogens (tertiary/aromatic N) is 1. The molecule has 4 heteroatoms. The summed E-state index contributed by atoms with van der Waals surface area (Å²) in [6, 6.07) is 8.00. The van der Waals surface area contributed by atoms with Gasteiger partial charge in [-0.2, -0.15) is 0 Å². The third kappa shape index (κ3) is 0.943. The molecule has 3 rings (SSSR count). The Morgan fingerprint density at radius 3 is 3.14 bits per heavy atom. The summed E-state index contributed by atoms with van der Waals surface area (Å²) in [4.78, 5) is 13.3. The van der Waals surface area contributed by atoms with E-state index in [4.69, 9.17) is 0 Å². The lowest BCUT2D eigenvalue weighted by molar-refractivity contribution is 0.250. The van der Waals surface area contributed by atoms with E-state index in [-0.39, 0.29) is 12.2 Å². The Morgan fingerprint density at radius 1 is 1.36 bits per heavy atom. The molecule has 1 unspecified atom stereocenters. The number of hydrazine groups is 1. The lowest BCUT2D eigenvalue weighted by Crippen LogP contribution is -2.40. The topological polar surface area (TPSA) is 44.4 Å². The molecule has 14 heavy (non-hydrogen) atoms. The van der Waals surface area contributed by atoms with Crippen molar-refractivity contribution < 1.29 is 4.79 Å². The Balaban J connectivity index is 2.11. The zero-order valence-electron chi connectivity index (χ0n) is 7.66. The Bertz CT molecular complexity index is 391. The van der Waals surface area contributed by atoms with Crippen molar-refractivity contribution in [2.45, 2.75) is 19.0 Å². The SMILES string of the molecule is O=C1NNC2CCc3ccccc3N12. The Hall–Kier alpha value is -1.55. The Labute approximate surface area is 81.9 Å². The van der Waals surface area contributed by atoms with Crippen molar-refractivity contribution >= 4 is 11.7 Å². The molecule has 0 spiro atoms. The predicted octanol–water partition coefficient (Wildman–Crippen LogP) is 0.993. The standard InChI is InChI=1S/C10H11N3O/c14-10-12-11-9-6-5-7-3-1-2-4-8(7)13(9)10/h1-4,9,11H,5-6H2,(H,12,14). The maximum absolute atomic E-state index is 11.5. The molecule has 0 saturated carbocycles. The maximum atomic E-state index is 11.5. The largest absolute Gasteiger partial charge is 0.337 e. The van der Waals surface area contributed by atoms with Crippen LogP contribution in [0.4, 0.5) is 10.5 Å². The summed E-state index contributed by atoms with van der Waals surface area (Å²) in [5.41, 5.74) is 7.90. The predicted molar refractivity (Wildman–Crippen MR) is 52.7 cm³/mol. The number of nitrogens with one attached hydrogen (secondary N) is 2. The van der Waals surface area contributed by atoms with Gasteiger partial charge in [0.05, 0.1) is 5.69 Å². The van der Waals surface area contributed by atoms with Crippen LogP contribution in [-0.2, 0) is 6.42 Å². The van der Waals surface area contributed by atoms with Crippen LogP contribution in [0, 0.1) is 0 Å². The van der Waals surface area contributed by atoms with Gasteiger partial charge in [-0.1, -0.05) is 18.2 Å². The van der Waals surface area contributed by atoms with Gasteiger partial charge in [0.1, 0.15) is 6.17 Å². The number of carbonyl (C=O) groups is 1. The normalized spacial score (nSPS) is 24.1. The zero-order chi connectivity index (χ0) is 9.54. The van der Waals surface area contributed by atoms with Gasteiger partial charge in [-0.15, -0.1) is 0 Å². The second-order valence-electron chi connectivity index (χ2n) is 3.63. The van der Waals surface area contributed by atoms with E-state index >= 15 is 0 Å². The summed E-state index contributed by atoms with van der Waals surface area (Å²) in [5.74, 6) is 0. The minimum absolute atomic E-state index is 0.0536. The molecule has 72 valence electrons. The fourth-order valence-electron chi connectivity index (χ4n) is 2.14. The molecule has 2 aliphatic heterocycles. The quantitative estimate of drug-likeness (QED) is 0.639. The molecule has 0 radical (unpaired) electrons. The fourth-order valence-corrected chi connectivity index (χ4v) is 2.14. The Kier molecular flexibility index (Phi) is 1.52.